The number of benzene rings is 1. The molecule has 1 atom stereocenters. The van der Waals surface area contributed by atoms with Crippen LogP contribution in [-0.2, 0) is 9.59 Å². The Bertz CT molecular complexity index is 499. The second-order valence-electron chi connectivity index (χ2n) is 4.36. The normalized spacial score (nSPS) is 11.7. The van der Waals surface area contributed by atoms with E-state index in [1.54, 1.807) is 24.3 Å². The average Bonchev–Trinajstić information content (AvgIpc) is 2.38. The van der Waals surface area contributed by atoms with E-state index in [1.807, 2.05) is 6.92 Å². The summed E-state index contributed by atoms with van der Waals surface area (Å²) in [6.45, 7) is 1.89. The molecule has 0 spiro atoms. The topological polar surface area (TPSA) is 122 Å². The van der Waals surface area contributed by atoms with Gasteiger partial charge in [0.2, 0.25) is 5.91 Å². The van der Waals surface area contributed by atoms with Crippen LogP contribution in [0, 0.1) is 6.92 Å². The first-order valence-electron chi connectivity index (χ1n) is 6.04. The quantitative estimate of drug-likeness (QED) is 0.521. The number of hydrazine groups is 1. The molecule has 0 saturated heterocycles. The lowest BCUT2D eigenvalue weighted by molar-refractivity contribution is -0.139. The minimum absolute atomic E-state index is 0.00115. The van der Waals surface area contributed by atoms with Gasteiger partial charge in [0.1, 0.15) is 6.04 Å². The van der Waals surface area contributed by atoms with Crippen molar-refractivity contribution in [1.82, 2.24) is 10.9 Å². The lowest BCUT2D eigenvalue weighted by Gasteiger charge is -2.14. The molecule has 7 nitrogen and oxygen atoms in total. The van der Waals surface area contributed by atoms with Crippen LogP contribution in [0.25, 0.3) is 0 Å². The van der Waals surface area contributed by atoms with Gasteiger partial charge in [-0.2, -0.15) is 0 Å². The molecular weight excluding hydrogens is 262 g/mol. The van der Waals surface area contributed by atoms with Crippen molar-refractivity contribution in [3.8, 4) is 0 Å². The molecule has 7 heteroatoms. The molecule has 1 aromatic carbocycles. The summed E-state index contributed by atoms with van der Waals surface area (Å²) in [5.41, 5.74) is 11.1. The van der Waals surface area contributed by atoms with Crippen LogP contribution in [0.3, 0.4) is 0 Å². The van der Waals surface area contributed by atoms with Crippen LogP contribution < -0.4 is 16.6 Å². The van der Waals surface area contributed by atoms with E-state index in [-0.39, 0.29) is 12.8 Å². The first kappa shape index (κ1) is 15.6. The van der Waals surface area contributed by atoms with Gasteiger partial charge in [0.15, 0.2) is 0 Å². The number of primary amides is 1. The van der Waals surface area contributed by atoms with E-state index in [1.165, 1.54) is 0 Å². The third-order valence-electron chi connectivity index (χ3n) is 2.65. The van der Waals surface area contributed by atoms with Gasteiger partial charge in [0.25, 0.3) is 5.91 Å². The van der Waals surface area contributed by atoms with Gasteiger partial charge in [-0.3, -0.25) is 19.8 Å². The molecule has 0 unspecified atom stereocenters. The van der Waals surface area contributed by atoms with Crippen molar-refractivity contribution in [2.24, 2.45) is 5.73 Å². The molecule has 1 aromatic rings. The molecule has 0 saturated carbocycles. The zero-order valence-electron chi connectivity index (χ0n) is 11.1. The highest BCUT2D eigenvalue weighted by Crippen LogP contribution is 2.03. The SMILES string of the molecule is Cc1ccc(C(=O)NN[C@@H](CCC(N)=O)C(=O)O)cc1. The predicted octanol–water partition coefficient (Wildman–Crippen LogP) is -0.0519. The zero-order chi connectivity index (χ0) is 15.1. The number of carbonyl (C=O) groups is 3. The molecule has 0 heterocycles. The van der Waals surface area contributed by atoms with Gasteiger partial charge in [0, 0.05) is 12.0 Å². The highest BCUT2D eigenvalue weighted by atomic mass is 16.4. The number of nitrogens with two attached hydrogens (primary N) is 1. The Labute approximate surface area is 116 Å². The molecule has 5 N–H and O–H groups in total. The van der Waals surface area contributed by atoms with Gasteiger partial charge in [0.05, 0.1) is 0 Å². The Morgan fingerprint density at radius 1 is 1.25 bits per heavy atom. The molecule has 0 aliphatic heterocycles. The van der Waals surface area contributed by atoms with Gasteiger partial charge in [-0.15, -0.1) is 0 Å². The molecule has 108 valence electrons. The fourth-order valence-corrected chi connectivity index (χ4v) is 1.47. The fourth-order valence-electron chi connectivity index (χ4n) is 1.47. The van der Waals surface area contributed by atoms with Crippen molar-refractivity contribution in [2.75, 3.05) is 0 Å². The lowest BCUT2D eigenvalue weighted by Crippen LogP contribution is -2.48. The molecule has 2 amide bonds. The second-order valence-corrected chi connectivity index (χ2v) is 4.36. The highest BCUT2D eigenvalue weighted by Gasteiger charge is 2.18. The first-order valence-corrected chi connectivity index (χ1v) is 6.04. The Balaban J connectivity index is 2.54. The van der Waals surface area contributed by atoms with Gasteiger partial charge < -0.3 is 10.8 Å². The standard InChI is InChI=1S/C13H17N3O4/c1-8-2-4-9(5-3-8)12(18)16-15-10(13(19)20)6-7-11(14)17/h2-5,10,15H,6-7H2,1H3,(H2,14,17)(H,16,18)(H,19,20)/t10-/m0/s1. The number of carboxylic acids is 1. The predicted molar refractivity (Wildman–Crippen MR) is 71.6 cm³/mol. The van der Waals surface area contributed by atoms with Crippen molar-refractivity contribution in [2.45, 2.75) is 25.8 Å². The molecule has 0 bridgehead atoms. The van der Waals surface area contributed by atoms with Crippen molar-refractivity contribution >= 4 is 17.8 Å². The second kappa shape index (κ2) is 7.25. The smallest absolute Gasteiger partial charge is 0.322 e. The minimum Gasteiger partial charge on any atom is -0.480 e. The lowest BCUT2D eigenvalue weighted by atomic mass is 10.1. The number of hydrogen-bond acceptors (Lipinski definition) is 4. The van der Waals surface area contributed by atoms with E-state index in [0.717, 1.165) is 5.56 Å². The van der Waals surface area contributed by atoms with E-state index in [9.17, 15) is 14.4 Å². The number of aliphatic carboxylic acids is 1. The number of aryl methyl sites for hydroxylation is 1. The maximum Gasteiger partial charge on any atom is 0.322 e. The van der Waals surface area contributed by atoms with Crippen LogP contribution in [0.2, 0.25) is 0 Å². The van der Waals surface area contributed by atoms with Crippen molar-refractivity contribution in [1.29, 1.82) is 0 Å². The Hall–Kier alpha value is -2.41. The monoisotopic (exact) mass is 279 g/mol. The molecule has 0 radical (unpaired) electrons. The third-order valence-corrected chi connectivity index (χ3v) is 2.65. The summed E-state index contributed by atoms with van der Waals surface area (Å²) in [6.07, 6.45) is -0.0801. The van der Waals surface area contributed by atoms with E-state index >= 15 is 0 Å². The first-order chi connectivity index (χ1) is 9.40. The molecular formula is C13H17N3O4. The molecule has 0 fully saturated rings. The third kappa shape index (κ3) is 5.07. The average molecular weight is 279 g/mol. The van der Waals surface area contributed by atoms with Gasteiger partial charge in [-0.25, -0.2) is 5.43 Å². The highest BCUT2D eigenvalue weighted by molar-refractivity contribution is 5.94. The molecule has 1 rings (SSSR count). The van der Waals surface area contributed by atoms with Crippen LogP contribution >= 0.6 is 0 Å². The number of carboxylic acid groups (broad SMARTS) is 1. The number of hydrogen-bond donors (Lipinski definition) is 4. The van der Waals surface area contributed by atoms with Crippen molar-refractivity contribution in [3.05, 3.63) is 35.4 Å². The van der Waals surface area contributed by atoms with Gasteiger partial charge in [-0.05, 0) is 25.5 Å². The van der Waals surface area contributed by atoms with Crippen LogP contribution in [0.15, 0.2) is 24.3 Å². The molecule has 0 aliphatic carbocycles. The van der Waals surface area contributed by atoms with Crippen LogP contribution in [0.1, 0.15) is 28.8 Å². The zero-order valence-corrected chi connectivity index (χ0v) is 11.1. The molecule has 0 aliphatic rings. The molecule has 0 aromatic heterocycles. The Morgan fingerprint density at radius 3 is 2.35 bits per heavy atom. The Kier molecular flexibility index (Phi) is 5.67. The summed E-state index contributed by atoms with van der Waals surface area (Å²) in [4.78, 5) is 33.3. The summed E-state index contributed by atoms with van der Waals surface area (Å²) < 4.78 is 0. The van der Waals surface area contributed by atoms with Gasteiger partial charge in [-0.1, -0.05) is 17.7 Å². The largest absolute Gasteiger partial charge is 0.480 e. The van der Waals surface area contributed by atoms with Crippen molar-refractivity contribution in [3.63, 3.8) is 0 Å². The van der Waals surface area contributed by atoms with Crippen LogP contribution in [-0.4, -0.2) is 28.9 Å². The Morgan fingerprint density at radius 2 is 1.85 bits per heavy atom. The molecule has 20 heavy (non-hydrogen) atoms. The van der Waals surface area contributed by atoms with E-state index in [4.69, 9.17) is 10.8 Å². The number of carbonyl (C=O) groups excluding carboxylic acids is 2. The van der Waals surface area contributed by atoms with E-state index < -0.39 is 23.8 Å². The number of rotatable bonds is 7. The summed E-state index contributed by atoms with van der Waals surface area (Å²) in [5.74, 6) is -2.21. The summed E-state index contributed by atoms with van der Waals surface area (Å²) in [7, 11) is 0. The van der Waals surface area contributed by atoms with E-state index in [0.29, 0.717) is 5.56 Å². The van der Waals surface area contributed by atoms with E-state index in [2.05, 4.69) is 10.9 Å². The number of nitrogens with one attached hydrogen (secondary N) is 2. The summed E-state index contributed by atoms with van der Waals surface area (Å²) >= 11 is 0. The van der Waals surface area contributed by atoms with Gasteiger partial charge >= 0.3 is 5.97 Å². The van der Waals surface area contributed by atoms with Crippen LogP contribution in [0.4, 0.5) is 0 Å². The number of amides is 2. The van der Waals surface area contributed by atoms with Crippen LogP contribution in [0.5, 0.6) is 0 Å². The maximum atomic E-state index is 11.8. The summed E-state index contributed by atoms with van der Waals surface area (Å²) in [5, 5.41) is 8.94. The fraction of sp³-hybridized carbons (Fsp3) is 0.308. The minimum atomic E-state index is -1.17. The van der Waals surface area contributed by atoms with Crippen molar-refractivity contribution < 1.29 is 19.5 Å². The maximum absolute atomic E-state index is 11.8. The summed E-state index contributed by atoms with van der Waals surface area (Å²) in [6, 6.07) is 5.74.